The molecular weight excluding hydrogens is 376 g/mol. The van der Waals surface area contributed by atoms with Crippen molar-refractivity contribution in [2.45, 2.75) is 31.8 Å². The number of ether oxygens (including phenoxy) is 2. The van der Waals surface area contributed by atoms with E-state index in [2.05, 4.69) is 0 Å². The molecule has 2 aliphatic rings. The second kappa shape index (κ2) is 8.22. The van der Waals surface area contributed by atoms with Gasteiger partial charge in [-0.25, -0.2) is 4.79 Å². The first-order valence-corrected chi connectivity index (χ1v) is 10.6. The highest BCUT2D eigenvalue weighted by Gasteiger charge is 2.40. The van der Waals surface area contributed by atoms with Crippen LogP contribution in [0, 0.1) is 0 Å². The topological polar surface area (TPSA) is 59.1 Å². The molecule has 28 heavy (non-hydrogen) atoms. The third kappa shape index (κ3) is 3.58. The maximum absolute atomic E-state index is 12.9. The Morgan fingerprint density at radius 2 is 1.96 bits per heavy atom. The van der Waals surface area contributed by atoms with Gasteiger partial charge in [0.05, 0.1) is 12.6 Å². The van der Waals surface area contributed by atoms with Gasteiger partial charge >= 0.3 is 6.09 Å². The van der Waals surface area contributed by atoms with Crippen LogP contribution < -0.4 is 4.74 Å². The standard InChI is InChI=1S/C21H24N2O4S/c1-2-26-18-10-13-28-19(18)20(24)22-11-8-16(9-12-22)23-17(14-27-21(23)25)15-6-4-3-5-7-15/h3-7,10,13,16-17H,2,8-9,11-12,14H2,1H3. The lowest BCUT2D eigenvalue weighted by Crippen LogP contribution is -2.47. The highest BCUT2D eigenvalue weighted by atomic mass is 32.1. The highest BCUT2D eigenvalue weighted by molar-refractivity contribution is 7.12. The van der Waals surface area contributed by atoms with Crippen LogP contribution in [0.5, 0.6) is 5.75 Å². The summed E-state index contributed by atoms with van der Waals surface area (Å²) < 4.78 is 10.9. The molecule has 2 fully saturated rings. The van der Waals surface area contributed by atoms with Crippen molar-refractivity contribution < 1.29 is 19.1 Å². The number of piperidine rings is 1. The van der Waals surface area contributed by atoms with Crippen molar-refractivity contribution in [3.8, 4) is 5.75 Å². The second-order valence-electron chi connectivity index (χ2n) is 6.98. The number of thiophene rings is 1. The summed E-state index contributed by atoms with van der Waals surface area (Å²) in [7, 11) is 0. The number of amides is 2. The van der Waals surface area contributed by atoms with Gasteiger partial charge in [-0.1, -0.05) is 30.3 Å². The molecule has 0 saturated carbocycles. The number of hydrogen-bond donors (Lipinski definition) is 0. The number of cyclic esters (lactones) is 1. The second-order valence-corrected chi connectivity index (χ2v) is 7.90. The van der Waals surface area contributed by atoms with Crippen molar-refractivity contribution >= 4 is 23.3 Å². The molecule has 0 aliphatic carbocycles. The molecule has 0 N–H and O–H groups in total. The van der Waals surface area contributed by atoms with Gasteiger partial charge in [0.25, 0.3) is 5.91 Å². The molecule has 7 heteroatoms. The summed E-state index contributed by atoms with van der Waals surface area (Å²) in [6.45, 7) is 4.08. The van der Waals surface area contributed by atoms with Crippen LogP contribution in [-0.4, -0.2) is 54.1 Å². The molecule has 1 atom stereocenters. The van der Waals surface area contributed by atoms with Gasteiger partial charge in [-0.2, -0.15) is 0 Å². The molecule has 2 aliphatic heterocycles. The summed E-state index contributed by atoms with van der Waals surface area (Å²) in [6, 6.07) is 11.9. The van der Waals surface area contributed by atoms with E-state index in [-0.39, 0.29) is 24.1 Å². The van der Waals surface area contributed by atoms with Gasteiger partial charge in [-0.3, -0.25) is 9.69 Å². The van der Waals surface area contributed by atoms with Crippen LogP contribution in [0.4, 0.5) is 4.79 Å². The maximum Gasteiger partial charge on any atom is 0.410 e. The van der Waals surface area contributed by atoms with Gasteiger partial charge in [0.1, 0.15) is 17.2 Å². The fourth-order valence-electron chi connectivity index (χ4n) is 3.98. The Bertz CT molecular complexity index is 830. The molecule has 1 unspecified atom stereocenters. The summed E-state index contributed by atoms with van der Waals surface area (Å²) in [5.41, 5.74) is 1.09. The number of likely N-dealkylation sites (tertiary alicyclic amines) is 1. The Hall–Kier alpha value is -2.54. The van der Waals surface area contributed by atoms with Crippen molar-refractivity contribution in [2.75, 3.05) is 26.3 Å². The van der Waals surface area contributed by atoms with Crippen LogP contribution in [0.2, 0.25) is 0 Å². The smallest absolute Gasteiger partial charge is 0.410 e. The minimum atomic E-state index is -0.254. The van der Waals surface area contributed by atoms with Gasteiger partial charge in [0.2, 0.25) is 0 Å². The lowest BCUT2D eigenvalue weighted by molar-refractivity contribution is 0.0637. The lowest BCUT2D eigenvalue weighted by atomic mass is 9.99. The molecule has 1 aromatic carbocycles. The number of hydrogen-bond acceptors (Lipinski definition) is 5. The summed E-state index contributed by atoms with van der Waals surface area (Å²) in [6.07, 6.45) is 1.24. The van der Waals surface area contributed by atoms with E-state index >= 15 is 0 Å². The zero-order valence-electron chi connectivity index (χ0n) is 15.9. The Balaban J connectivity index is 1.42. The number of nitrogens with zero attached hydrogens (tertiary/aromatic N) is 2. The summed E-state index contributed by atoms with van der Waals surface area (Å²) >= 11 is 1.41. The lowest BCUT2D eigenvalue weighted by Gasteiger charge is -2.37. The number of benzene rings is 1. The van der Waals surface area contributed by atoms with E-state index in [1.807, 2.05) is 58.5 Å². The van der Waals surface area contributed by atoms with Crippen LogP contribution in [0.15, 0.2) is 41.8 Å². The minimum absolute atomic E-state index is 0.0144. The Labute approximate surface area is 168 Å². The molecule has 0 radical (unpaired) electrons. The maximum atomic E-state index is 12.9. The van der Waals surface area contributed by atoms with E-state index in [0.717, 1.165) is 18.4 Å². The third-order valence-corrected chi connectivity index (χ3v) is 6.25. The first kappa shape index (κ1) is 18.8. The third-order valence-electron chi connectivity index (χ3n) is 5.36. The number of carbonyl (C=O) groups is 2. The molecule has 148 valence electrons. The molecule has 2 saturated heterocycles. The van der Waals surface area contributed by atoms with Crippen LogP contribution in [0.25, 0.3) is 0 Å². The Morgan fingerprint density at radius 1 is 1.21 bits per heavy atom. The SMILES string of the molecule is CCOc1ccsc1C(=O)N1CCC(N2C(=O)OCC2c2ccccc2)CC1. The monoisotopic (exact) mass is 400 g/mol. The van der Waals surface area contributed by atoms with Gasteiger partial charge < -0.3 is 14.4 Å². The molecule has 4 rings (SSSR count). The molecule has 1 aromatic heterocycles. The first-order valence-electron chi connectivity index (χ1n) is 9.68. The van der Waals surface area contributed by atoms with Crippen LogP contribution >= 0.6 is 11.3 Å². The zero-order chi connectivity index (χ0) is 19.5. The van der Waals surface area contributed by atoms with Crippen molar-refractivity contribution in [3.05, 3.63) is 52.2 Å². The van der Waals surface area contributed by atoms with Crippen molar-refractivity contribution in [1.82, 2.24) is 9.80 Å². The van der Waals surface area contributed by atoms with Crippen molar-refractivity contribution in [1.29, 1.82) is 0 Å². The molecule has 2 amide bonds. The van der Waals surface area contributed by atoms with Crippen molar-refractivity contribution in [2.24, 2.45) is 0 Å². The summed E-state index contributed by atoms with van der Waals surface area (Å²) in [5, 5.41) is 1.88. The average Bonchev–Trinajstić information content (AvgIpc) is 3.35. The molecule has 0 spiro atoms. The van der Waals surface area contributed by atoms with Crippen molar-refractivity contribution in [3.63, 3.8) is 0 Å². The van der Waals surface area contributed by atoms with E-state index in [9.17, 15) is 9.59 Å². The summed E-state index contributed by atoms with van der Waals surface area (Å²) in [4.78, 5) is 29.7. The number of rotatable bonds is 5. The number of carbonyl (C=O) groups excluding carboxylic acids is 2. The molecular formula is C21H24N2O4S. The summed E-state index contributed by atoms with van der Waals surface area (Å²) in [5.74, 6) is 0.674. The minimum Gasteiger partial charge on any atom is -0.492 e. The fraction of sp³-hybridized carbons (Fsp3) is 0.429. The quantitative estimate of drug-likeness (QED) is 0.763. The fourth-order valence-corrected chi connectivity index (χ4v) is 4.78. The van der Waals surface area contributed by atoms with E-state index in [1.165, 1.54) is 11.3 Å². The molecule has 0 bridgehead atoms. The molecule has 6 nitrogen and oxygen atoms in total. The van der Waals surface area contributed by atoms with Gasteiger partial charge in [0.15, 0.2) is 0 Å². The predicted molar refractivity (Wildman–Crippen MR) is 107 cm³/mol. The van der Waals surface area contributed by atoms with Crippen LogP contribution in [0.1, 0.15) is 41.0 Å². The predicted octanol–water partition coefficient (Wildman–Crippen LogP) is 3.94. The largest absolute Gasteiger partial charge is 0.492 e. The molecule has 2 aromatic rings. The van der Waals surface area contributed by atoms with E-state index in [0.29, 0.717) is 36.9 Å². The molecule has 3 heterocycles. The highest BCUT2D eigenvalue weighted by Crippen LogP contribution is 2.34. The van der Waals surface area contributed by atoms with Gasteiger partial charge in [0, 0.05) is 19.1 Å². The van der Waals surface area contributed by atoms with E-state index in [1.54, 1.807) is 0 Å². The Morgan fingerprint density at radius 3 is 2.68 bits per heavy atom. The van der Waals surface area contributed by atoms with Gasteiger partial charge in [-0.05, 0) is 36.8 Å². The average molecular weight is 401 g/mol. The van der Waals surface area contributed by atoms with Crippen LogP contribution in [0.3, 0.4) is 0 Å². The first-order chi connectivity index (χ1) is 13.7. The van der Waals surface area contributed by atoms with E-state index in [4.69, 9.17) is 9.47 Å². The van der Waals surface area contributed by atoms with E-state index < -0.39 is 0 Å². The Kier molecular flexibility index (Phi) is 5.52. The van der Waals surface area contributed by atoms with Crippen LogP contribution in [-0.2, 0) is 4.74 Å². The van der Waals surface area contributed by atoms with Gasteiger partial charge in [-0.15, -0.1) is 11.3 Å². The zero-order valence-corrected chi connectivity index (χ0v) is 16.7. The normalized spacial score (nSPS) is 20.3.